The maximum absolute atomic E-state index is 8.77. The van der Waals surface area contributed by atoms with E-state index in [0.29, 0.717) is 19.4 Å². The Kier molecular flexibility index (Phi) is 7.05. The Hall–Kier alpha value is -0.630. The standard InChI is InChI=1S/C7H13NO3/c8-3-1-2-4-11-6-7(10)5-9/h7,9-10H,1-2,4-6H2. The summed E-state index contributed by atoms with van der Waals surface area (Å²) in [7, 11) is 0. The minimum absolute atomic E-state index is 0.141. The first kappa shape index (κ1) is 10.4. The van der Waals surface area contributed by atoms with E-state index in [1.807, 2.05) is 6.07 Å². The van der Waals surface area contributed by atoms with Crippen LogP contribution in [0.5, 0.6) is 0 Å². The van der Waals surface area contributed by atoms with Crippen molar-refractivity contribution in [2.75, 3.05) is 19.8 Å². The van der Waals surface area contributed by atoms with Gasteiger partial charge in [-0.1, -0.05) is 0 Å². The summed E-state index contributed by atoms with van der Waals surface area (Å²) in [6, 6.07) is 1.98. The molecule has 0 spiro atoms. The van der Waals surface area contributed by atoms with Gasteiger partial charge in [0.25, 0.3) is 0 Å². The van der Waals surface area contributed by atoms with Crippen LogP contribution in [0.25, 0.3) is 0 Å². The summed E-state index contributed by atoms with van der Waals surface area (Å²) in [5, 5.41) is 25.3. The van der Waals surface area contributed by atoms with Crippen molar-refractivity contribution < 1.29 is 14.9 Å². The van der Waals surface area contributed by atoms with Crippen LogP contribution in [0, 0.1) is 11.3 Å². The number of aliphatic hydroxyl groups is 2. The minimum atomic E-state index is -0.794. The van der Waals surface area contributed by atoms with E-state index in [1.54, 1.807) is 0 Å². The first-order valence-corrected chi connectivity index (χ1v) is 3.55. The number of rotatable bonds is 6. The Morgan fingerprint density at radius 1 is 1.55 bits per heavy atom. The Balaban J connectivity index is 2.97. The van der Waals surface area contributed by atoms with Gasteiger partial charge in [-0.05, 0) is 6.42 Å². The zero-order valence-electron chi connectivity index (χ0n) is 6.36. The number of nitrogens with zero attached hydrogens (tertiary/aromatic N) is 1. The summed E-state index contributed by atoms with van der Waals surface area (Å²) >= 11 is 0. The predicted molar refractivity (Wildman–Crippen MR) is 38.8 cm³/mol. The van der Waals surface area contributed by atoms with Gasteiger partial charge in [0.2, 0.25) is 0 Å². The van der Waals surface area contributed by atoms with Crippen molar-refractivity contribution in [3.63, 3.8) is 0 Å². The lowest BCUT2D eigenvalue weighted by molar-refractivity contribution is 0.00593. The van der Waals surface area contributed by atoms with E-state index in [9.17, 15) is 0 Å². The Morgan fingerprint density at radius 3 is 2.82 bits per heavy atom. The van der Waals surface area contributed by atoms with Gasteiger partial charge >= 0.3 is 0 Å². The molecule has 1 atom stereocenters. The molecule has 0 rings (SSSR count). The molecule has 2 N–H and O–H groups in total. The van der Waals surface area contributed by atoms with Gasteiger partial charge in [-0.3, -0.25) is 0 Å². The molecule has 0 aromatic carbocycles. The maximum atomic E-state index is 8.77. The lowest BCUT2D eigenvalue weighted by Crippen LogP contribution is -2.19. The molecular formula is C7H13NO3. The number of nitriles is 1. The topological polar surface area (TPSA) is 73.5 Å². The maximum Gasteiger partial charge on any atom is 0.100 e. The number of unbranched alkanes of at least 4 members (excludes halogenated alkanes) is 1. The molecule has 0 aliphatic heterocycles. The molecule has 4 nitrogen and oxygen atoms in total. The molecule has 0 fully saturated rings. The van der Waals surface area contributed by atoms with E-state index in [1.165, 1.54) is 0 Å². The van der Waals surface area contributed by atoms with Crippen molar-refractivity contribution in [3.05, 3.63) is 0 Å². The van der Waals surface area contributed by atoms with Gasteiger partial charge in [0.1, 0.15) is 6.10 Å². The van der Waals surface area contributed by atoms with Crippen molar-refractivity contribution in [1.29, 1.82) is 5.26 Å². The van der Waals surface area contributed by atoms with Gasteiger partial charge < -0.3 is 14.9 Å². The van der Waals surface area contributed by atoms with Crippen molar-refractivity contribution in [3.8, 4) is 6.07 Å². The lowest BCUT2D eigenvalue weighted by Gasteiger charge is -2.06. The third-order valence-electron chi connectivity index (χ3n) is 1.10. The van der Waals surface area contributed by atoms with Crippen molar-refractivity contribution >= 4 is 0 Å². The Morgan fingerprint density at radius 2 is 2.27 bits per heavy atom. The van der Waals surface area contributed by atoms with E-state index in [4.69, 9.17) is 20.2 Å². The second kappa shape index (κ2) is 7.48. The number of ether oxygens (including phenoxy) is 1. The summed E-state index contributed by atoms with van der Waals surface area (Å²) in [4.78, 5) is 0. The van der Waals surface area contributed by atoms with Gasteiger partial charge in [-0.15, -0.1) is 0 Å². The highest BCUT2D eigenvalue weighted by molar-refractivity contribution is 4.67. The van der Waals surface area contributed by atoms with Crippen LogP contribution >= 0.6 is 0 Å². The lowest BCUT2D eigenvalue weighted by atomic mass is 10.3. The fourth-order valence-corrected chi connectivity index (χ4v) is 0.525. The minimum Gasteiger partial charge on any atom is -0.394 e. The van der Waals surface area contributed by atoms with E-state index in [-0.39, 0.29) is 13.2 Å². The second-order valence-corrected chi connectivity index (χ2v) is 2.17. The van der Waals surface area contributed by atoms with Gasteiger partial charge in [-0.25, -0.2) is 0 Å². The van der Waals surface area contributed by atoms with Crippen molar-refractivity contribution in [1.82, 2.24) is 0 Å². The second-order valence-electron chi connectivity index (χ2n) is 2.17. The first-order chi connectivity index (χ1) is 5.31. The molecule has 0 radical (unpaired) electrons. The van der Waals surface area contributed by atoms with E-state index in [0.717, 1.165) is 0 Å². The normalized spacial score (nSPS) is 12.5. The molecule has 64 valence electrons. The smallest absolute Gasteiger partial charge is 0.100 e. The molecular weight excluding hydrogens is 146 g/mol. The summed E-state index contributed by atoms with van der Waals surface area (Å²) < 4.78 is 4.93. The fraction of sp³-hybridized carbons (Fsp3) is 0.857. The molecule has 0 bridgehead atoms. The molecule has 1 unspecified atom stereocenters. The molecule has 0 aromatic rings. The zero-order valence-corrected chi connectivity index (χ0v) is 6.36. The van der Waals surface area contributed by atoms with Crippen LogP contribution in [-0.4, -0.2) is 36.1 Å². The fourth-order valence-electron chi connectivity index (χ4n) is 0.525. The summed E-state index contributed by atoms with van der Waals surface area (Å²) in [5.41, 5.74) is 0. The van der Waals surface area contributed by atoms with Crippen LogP contribution < -0.4 is 0 Å². The molecule has 0 aromatic heterocycles. The van der Waals surface area contributed by atoms with Crippen LogP contribution in [0.4, 0.5) is 0 Å². The number of aliphatic hydroxyl groups excluding tert-OH is 2. The first-order valence-electron chi connectivity index (χ1n) is 3.55. The molecule has 4 heteroatoms. The van der Waals surface area contributed by atoms with E-state index >= 15 is 0 Å². The summed E-state index contributed by atoms with van der Waals surface area (Å²) in [6.45, 7) is 0.324. The van der Waals surface area contributed by atoms with Crippen LogP contribution in [-0.2, 0) is 4.74 Å². The van der Waals surface area contributed by atoms with Crippen molar-refractivity contribution in [2.24, 2.45) is 0 Å². The third-order valence-corrected chi connectivity index (χ3v) is 1.10. The largest absolute Gasteiger partial charge is 0.394 e. The van der Waals surface area contributed by atoms with Gasteiger partial charge in [-0.2, -0.15) is 5.26 Å². The van der Waals surface area contributed by atoms with Gasteiger partial charge in [0.15, 0.2) is 0 Å². The zero-order chi connectivity index (χ0) is 8.53. The highest BCUT2D eigenvalue weighted by Crippen LogP contribution is 1.89. The molecule has 0 saturated carbocycles. The van der Waals surface area contributed by atoms with Gasteiger partial charge in [0.05, 0.1) is 19.3 Å². The molecule has 11 heavy (non-hydrogen) atoms. The average molecular weight is 159 g/mol. The van der Waals surface area contributed by atoms with Crippen LogP contribution in [0.1, 0.15) is 12.8 Å². The quantitative estimate of drug-likeness (QED) is 0.520. The molecule has 0 saturated heterocycles. The summed E-state index contributed by atoms with van der Waals surface area (Å²) in [6.07, 6.45) is 0.348. The summed E-state index contributed by atoms with van der Waals surface area (Å²) in [5.74, 6) is 0. The number of hydrogen-bond donors (Lipinski definition) is 2. The Labute approximate surface area is 66.0 Å². The molecule has 0 aliphatic carbocycles. The molecule has 0 aliphatic rings. The SMILES string of the molecule is N#CCCCOCC(O)CO. The highest BCUT2D eigenvalue weighted by Gasteiger charge is 1.99. The van der Waals surface area contributed by atoms with E-state index < -0.39 is 6.10 Å². The van der Waals surface area contributed by atoms with Crippen LogP contribution in [0.15, 0.2) is 0 Å². The average Bonchev–Trinajstić information content (AvgIpc) is 2.04. The highest BCUT2D eigenvalue weighted by atomic mass is 16.5. The molecule has 0 amide bonds. The number of hydrogen-bond acceptors (Lipinski definition) is 4. The van der Waals surface area contributed by atoms with E-state index in [2.05, 4.69) is 0 Å². The van der Waals surface area contributed by atoms with Crippen molar-refractivity contribution in [2.45, 2.75) is 18.9 Å². The Bertz CT molecular complexity index is 121. The molecule has 0 heterocycles. The van der Waals surface area contributed by atoms with Gasteiger partial charge in [0, 0.05) is 13.0 Å². The van der Waals surface area contributed by atoms with Crippen LogP contribution in [0.2, 0.25) is 0 Å². The van der Waals surface area contributed by atoms with Crippen LogP contribution in [0.3, 0.4) is 0 Å². The monoisotopic (exact) mass is 159 g/mol. The predicted octanol–water partition coefficient (Wildman–Crippen LogP) is -0.340. The third kappa shape index (κ3) is 7.26.